The average molecular weight is 479 g/mol. The molecule has 1 aliphatic heterocycles. The summed E-state index contributed by atoms with van der Waals surface area (Å²) >= 11 is 0. The number of benzene rings is 2. The lowest BCUT2D eigenvalue weighted by atomic mass is 9.84. The molecule has 2 amide bonds. The summed E-state index contributed by atoms with van der Waals surface area (Å²) in [5.41, 5.74) is 3.29. The normalized spacial score (nSPS) is 25.4. The first kappa shape index (κ1) is 23.4. The third-order valence-electron chi connectivity index (χ3n) is 7.50. The molecule has 3 N–H and O–H groups in total. The number of aliphatic carboxylic acids is 1. The van der Waals surface area contributed by atoms with Gasteiger partial charge in [-0.25, -0.2) is 9.59 Å². The number of fused-ring (bicyclic) bond motifs is 3. The fourth-order valence-electron chi connectivity index (χ4n) is 5.59. The molecule has 0 aromatic heterocycles. The van der Waals surface area contributed by atoms with Crippen molar-refractivity contribution >= 4 is 18.0 Å². The zero-order chi connectivity index (χ0) is 24.4. The van der Waals surface area contributed by atoms with Gasteiger partial charge in [0.2, 0.25) is 5.91 Å². The molecule has 0 radical (unpaired) electrons. The summed E-state index contributed by atoms with van der Waals surface area (Å²) in [5.74, 6) is -1.75. The number of hydrogen-bond donors (Lipinski definition) is 3. The van der Waals surface area contributed by atoms with Crippen LogP contribution in [0.3, 0.4) is 0 Å². The lowest BCUT2D eigenvalue weighted by molar-refractivity contribution is -0.148. The van der Waals surface area contributed by atoms with Crippen molar-refractivity contribution in [2.24, 2.45) is 5.92 Å². The first-order chi connectivity index (χ1) is 17.0. The van der Waals surface area contributed by atoms with Gasteiger partial charge in [-0.1, -0.05) is 55.0 Å². The van der Waals surface area contributed by atoms with Crippen molar-refractivity contribution < 1.29 is 29.0 Å². The summed E-state index contributed by atoms with van der Waals surface area (Å²) in [4.78, 5) is 37.2. The number of carbonyl (C=O) groups excluding carboxylic acids is 2. The molecule has 1 unspecified atom stereocenters. The molecule has 0 bridgehead atoms. The van der Waals surface area contributed by atoms with E-state index >= 15 is 0 Å². The highest BCUT2D eigenvalue weighted by molar-refractivity contribution is 5.88. The van der Waals surface area contributed by atoms with Crippen molar-refractivity contribution in [3.05, 3.63) is 59.7 Å². The number of carbonyl (C=O) groups is 3. The molecule has 184 valence electrons. The van der Waals surface area contributed by atoms with E-state index in [1.165, 1.54) is 11.1 Å². The van der Waals surface area contributed by atoms with Crippen molar-refractivity contribution in [2.75, 3.05) is 19.8 Å². The van der Waals surface area contributed by atoms with Gasteiger partial charge in [-0.05, 0) is 41.5 Å². The second-order valence-corrected chi connectivity index (χ2v) is 9.71. The van der Waals surface area contributed by atoms with Crippen LogP contribution in [0.4, 0.5) is 4.79 Å². The zero-order valence-corrected chi connectivity index (χ0v) is 19.5. The molecule has 8 nitrogen and oxygen atoms in total. The van der Waals surface area contributed by atoms with Crippen LogP contribution >= 0.6 is 0 Å². The van der Waals surface area contributed by atoms with Crippen molar-refractivity contribution in [3.63, 3.8) is 0 Å². The molecule has 1 saturated carbocycles. The molecule has 2 fully saturated rings. The maximum Gasteiger partial charge on any atom is 0.407 e. The van der Waals surface area contributed by atoms with Crippen molar-refractivity contribution in [2.45, 2.75) is 49.6 Å². The second kappa shape index (κ2) is 9.70. The molecule has 1 saturated heterocycles. The van der Waals surface area contributed by atoms with Gasteiger partial charge < -0.3 is 25.2 Å². The predicted octanol–water partition coefficient (Wildman–Crippen LogP) is 3.44. The summed E-state index contributed by atoms with van der Waals surface area (Å²) in [6.45, 7) is 0.517. The van der Waals surface area contributed by atoms with Crippen molar-refractivity contribution in [1.82, 2.24) is 10.6 Å². The van der Waals surface area contributed by atoms with Crippen LogP contribution in [0.5, 0.6) is 0 Å². The minimum absolute atomic E-state index is 0.0149. The Morgan fingerprint density at radius 1 is 1.03 bits per heavy atom. The van der Waals surface area contributed by atoms with Gasteiger partial charge in [0, 0.05) is 30.9 Å². The Labute approximate surface area is 204 Å². The highest BCUT2D eigenvalue weighted by atomic mass is 16.5. The first-order valence-corrected chi connectivity index (χ1v) is 12.2. The number of rotatable bonds is 6. The zero-order valence-electron chi connectivity index (χ0n) is 19.5. The molecule has 3 atom stereocenters. The largest absolute Gasteiger partial charge is 0.479 e. The topological polar surface area (TPSA) is 114 Å². The maximum absolute atomic E-state index is 12.9. The van der Waals surface area contributed by atoms with Crippen LogP contribution in [-0.2, 0) is 19.1 Å². The van der Waals surface area contributed by atoms with Crippen LogP contribution in [0.1, 0.15) is 49.1 Å². The number of nitrogens with one attached hydrogen (secondary N) is 2. The Balaban J connectivity index is 1.17. The van der Waals surface area contributed by atoms with Gasteiger partial charge in [-0.15, -0.1) is 0 Å². The van der Waals surface area contributed by atoms with Gasteiger partial charge in [0.1, 0.15) is 6.61 Å². The summed E-state index contributed by atoms with van der Waals surface area (Å²) in [6.07, 6.45) is 2.38. The fourth-order valence-corrected chi connectivity index (χ4v) is 5.59. The Hall–Kier alpha value is -3.39. The number of alkyl carbamates (subject to hydrolysis) is 1. The highest BCUT2D eigenvalue weighted by Crippen LogP contribution is 2.44. The van der Waals surface area contributed by atoms with Crippen molar-refractivity contribution in [3.8, 4) is 11.1 Å². The summed E-state index contributed by atoms with van der Waals surface area (Å²) in [7, 11) is 0. The number of ether oxygens (including phenoxy) is 2. The molecule has 2 aromatic rings. The Kier molecular flexibility index (Phi) is 6.47. The quantitative estimate of drug-likeness (QED) is 0.586. The highest BCUT2D eigenvalue weighted by Gasteiger charge is 2.45. The number of carboxylic acid groups (broad SMARTS) is 1. The molecule has 3 aliphatic rings. The smallest absolute Gasteiger partial charge is 0.407 e. The molecule has 0 spiro atoms. The summed E-state index contributed by atoms with van der Waals surface area (Å²) in [6, 6.07) is 16.2. The van der Waals surface area contributed by atoms with Gasteiger partial charge in [0.15, 0.2) is 5.54 Å². The monoisotopic (exact) mass is 478 g/mol. The van der Waals surface area contributed by atoms with E-state index in [1.807, 2.05) is 24.3 Å². The lowest BCUT2D eigenvalue weighted by Crippen LogP contribution is -2.57. The van der Waals surface area contributed by atoms with Crippen LogP contribution in [0.25, 0.3) is 11.1 Å². The Bertz CT molecular complexity index is 1080. The summed E-state index contributed by atoms with van der Waals surface area (Å²) in [5, 5.41) is 15.2. The molecule has 2 aromatic carbocycles. The van der Waals surface area contributed by atoms with Gasteiger partial charge in [-0.3, -0.25) is 4.79 Å². The third-order valence-corrected chi connectivity index (χ3v) is 7.50. The molecular weight excluding hydrogens is 448 g/mol. The minimum Gasteiger partial charge on any atom is -0.479 e. The molecule has 2 aliphatic carbocycles. The number of amides is 2. The fraction of sp³-hybridized carbons (Fsp3) is 0.444. The Morgan fingerprint density at radius 2 is 1.71 bits per heavy atom. The number of carboxylic acids is 1. The van der Waals surface area contributed by atoms with Gasteiger partial charge in [0.25, 0.3) is 0 Å². The summed E-state index contributed by atoms with van der Waals surface area (Å²) < 4.78 is 10.9. The molecule has 8 heteroatoms. The Morgan fingerprint density at radius 3 is 2.34 bits per heavy atom. The van der Waals surface area contributed by atoms with Crippen LogP contribution in [-0.4, -0.2) is 54.5 Å². The third kappa shape index (κ3) is 4.62. The molecule has 35 heavy (non-hydrogen) atoms. The van der Waals surface area contributed by atoms with E-state index in [1.54, 1.807) is 0 Å². The van der Waals surface area contributed by atoms with Gasteiger partial charge in [0.05, 0.1) is 6.61 Å². The molecule has 5 rings (SSSR count). The second-order valence-electron chi connectivity index (χ2n) is 9.71. The van der Waals surface area contributed by atoms with Crippen LogP contribution in [0.2, 0.25) is 0 Å². The van der Waals surface area contributed by atoms with E-state index < -0.39 is 17.6 Å². The van der Waals surface area contributed by atoms with Crippen molar-refractivity contribution in [1.29, 1.82) is 0 Å². The van der Waals surface area contributed by atoms with E-state index in [2.05, 4.69) is 34.9 Å². The molecular formula is C27H30N2O6. The molecule has 1 heterocycles. The average Bonchev–Trinajstić information content (AvgIpc) is 3.47. The lowest BCUT2D eigenvalue weighted by Gasteiger charge is -2.32. The minimum atomic E-state index is -1.36. The van der Waals surface area contributed by atoms with E-state index in [9.17, 15) is 19.5 Å². The van der Waals surface area contributed by atoms with Crippen LogP contribution in [0, 0.1) is 5.92 Å². The van der Waals surface area contributed by atoms with E-state index in [4.69, 9.17) is 9.47 Å². The van der Waals surface area contributed by atoms with Crippen LogP contribution < -0.4 is 10.6 Å². The van der Waals surface area contributed by atoms with Gasteiger partial charge in [-0.2, -0.15) is 0 Å². The number of hydrogen-bond acceptors (Lipinski definition) is 5. The first-order valence-electron chi connectivity index (χ1n) is 12.2. The van der Waals surface area contributed by atoms with E-state index in [-0.39, 0.29) is 43.4 Å². The predicted molar refractivity (Wildman–Crippen MR) is 128 cm³/mol. The van der Waals surface area contributed by atoms with Crippen LogP contribution in [0.15, 0.2) is 48.5 Å². The van der Waals surface area contributed by atoms with E-state index in [0.29, 0.717) is 19.4 Å². The standard InChI is InChI=1S/C27H30N2O6/c30-24(29-27(25(31)32)12-13-34-16-27)17-6-5-7-18(14-17)28-26(33)35-15-23-21-10-3-1-8-19(21)20-9-2-4-11-22(20)23/h1-4,8-11,17-18,23H,5-7,12-16H2,(H,28,33)(H,29,30)(H,31,32)/t17-,18-,27?/m1/s1. The van der Waals surface area contributed by atoms with Gasteiger partial charge >= 0.3 is 12.1 Å². The maximum atomic E-state index is 12.9. The van der Waals surface area contributed by atoms with E-state index in [0.717, 1.165) is 24.0 Å². The SMILES string of the molecule is O=C(N[C@@H]1CCC[C@@H](C(=O)NC2(C(=O)O)CCOC2)C1)OCC1c2ccccc2-c2ccccc21.